The van der Waals surface area contributed by atoms with Gasteiger partial charge in [0.2, 0.25) is 0 Å². The molecule has 0 unspecified atom stereocenters. The van der Waals surface area contributed by atoms with Crippen LogP contribution in [0.3, 0.4) is 0 Å². The van der Waals surface area contributed by atoms with Gasteiger partial charge in [0.25, 0.3) is 11.5 Å². The molecule has 0 saturated carbocycles. The summed E-state index contributed by atoms with van der Waals surface area (Å²) in [5.41, 5.74) is 5.55. The molecule has 0 spiro atoms. The highest BCUT2D eigenvalue weighted by atomic mass is 16.5. The first-order chi connectivity index (χ1) is 10.1. The fourth-order valence-corrected chi connectivity index (χ4v) is 1.90. The molecular weight excluding hydrogens is 278 g/mol. The maximum Gasteiger partial charge on any atom is 0.326 e. The number of nitrogens with two attached hydrogens (primary N) is 1. The van der Waals surface area contributed by atoms with Crippen molar-refractivity contribution in [3.63, 3.8) is 0 Å². The molecule has 0 atom stereocenters. The summed E-state index contributed by atoms with van der Waals surface area (Å²) in [6, 6.07) is 2.72. The highest BCUT2D eigenvalue weighted by molar-refractivity contribution is 5.80. The number of carbonyl (C=O) groups excluding carboxylic acids is 2. The summed E-state index contributed by atoms with van der Waals surface area (Å²) < 4.78 is 11.1. The van der Waals surface area contributed by atoms with Gasteiger partial charge in [-0.05, 0) is 6.07 Å². The molecule has 0 aromatic carbocycles. The van der Waals surface area contributed by atoms with Gasteiger partial charge in [-0.2, -0.15) is 0 Å². The lowest BCUT2D eigenvalue weighted by molar-refractivity contribution is -0.154. The molecule has 2 rings (SSSR count). The van der Waals surface area contributed by atoms with Crippen LogP contribution in [0.2, 0.25) is 0 Å². The molecule has 0 bridgehead atoms. The van der Waals surface area contributed by atoms with Crippen LogP contribution in [0, 0.1) is 0 Å². The number of morpholine rings is 1. The number of aromatic nitrogens is 1. The van der Waals surface area contributed by atoms with Crippen LogP contribution in [0.4, 0.5) is 5.69 Å². The summed E-state index contributed by atoms with van der Waals surface area (Å²) in [5, 5.41) is 0. The molecule has 1 aliphatic heterocycles. The second-order valence-electron chi connectivity index (χ2n) is 4.58. The van der Waals surface area contributed by atoms with Crippen molar-refractivity contribution in [3.8, 4) is 0 Å². The minimum absolute atomic E-state index is 0.272. The van der Waals surface area contributed by atoms with E-state index in [9.17, 15) is 14.4 Å². The highest BCUT2D eigenvalue weighted by Crippen LogP contribution is 1.99. The number of anilines is 1. The van der Waals surface area contributed by atoms with Crippen LogP contribution in [-0.4, -0.2) is 54.3 Å². The molecule has 2 heterocycles. The normalized spacial score (nSPS) is 14.8. The number of nitrogens with zero attached hydrogens (tertiary/aromatic N) is 2. The largest absolute Gasteiger partial charge is 0.454 e. The van der Waals surface area contributed by atoms with Crippen molar-refractivity contribution >= 4 is 17.6 Å². The summed E-state index contributed by atoms with van der Waals surface area (Å²) in [7, 11) is 0. The Morgan fingerprint density at radius 1 is 1.29 bits per heavy atom. The van der Waals surface area contributed by atoms with E-state index in [2.05, 4.69) is 0 Å². The van der Waals surface area contributed by atoms with E-state index in [-0.39, 0.29) is 24.6 Å². The Balaban J connectivity index is 1.83. The molecule has 0 radical (unpaired) electrons. The monoisotopic (exact) mass is 295 g/mol. The average molecular weight is 295 g/mol. The highest BCUT2D eigenvalue weighted by Gasteiger charge is 2.18. The molecule has 21 heavy (non-hydrogen) atoms. The van der Waals surface area contributed by atoms with Crippen LogP contribution in [0.15, 0.2) is 23.1 Å². The van der Waals surface area contributed by atoms with Crippen molar-refractivity contribution < 1.29 is 19.1 Å². The van der Waals surface area contributed by atoms with Crippen LogP contribution < -0.4 is 11.3 Å². The first-order valence-corrected chi connectivity index (χ1v) is 6.53. The van der Waals surface area contributed by atoms with Crippen LogP contribution in [0.1, 0.15) is 0 Å². The molecule has 1 amide bonds. The van der Waals surface area contributed by atoms with E-state index in [1.807, 2.05) is 0 Å². The van der Waals surface area contributed by atoms with Crippen LogP contribution >= 0.6 is 0 Å². The molecule has 8 nitrogen and oxygen atoms in total. The molecule has 1 aromatic rings. The van der Waals surface area contributed by atoms with Crippen LogP contribution in [0.5, 0.6) is 0 Å². The summed E-state index contributed by atoms with van der Waals surface area (Å²) in [6.45, 7) is 1.34. The van der Waals surface area contributed by atoms with Crippen LogP contribution in [-0.2, 0) is 25.6 Å². The number of ether oxygens (including phenoxy) is 2. The standard InChI is InChI=1S/C13H17N3O5/c14-10-1-2-11(17)16(7-10)8-13(19)21-9-12(18)15-3-5-20-6-4-15/h1-2,7H,3-6,8-9,14H2. The zero-order chi connectivity index (χ0) is 15.2. The minimum atomic E-state index is -0.663. The van der Waals surface area contributed by atoms with Gasteiger partial charge in [0, 0.05) is 31.0 Å². The SMILES string of the molecule is Nc1ccc(=O)n(CC(=O)OCC(=O)N2CCOCC2)c1. The van der Waals surface area contributed by atoms with Crippen molar-refractivity contribution in [2.24, 2.45) is 0 Å². The van der Waals surface area contributed by atoms with E-state index in [0.29, 0.717) is 32.0 Å². The molecular formula is C13H17N3O5. The zero-order valence-electron chi connectivity index (χ0n) is 11.5. The molecule has 8 heteroatoms. The number of carbonyl (C=O) groups is 2. The number of rotatable bonds is 4. The second-order valence-corrected chi connectivity index (χ2v) is 4.58. The summed E-state index contributed by atoms with van der Waals surface area (Å²) >= 11 is 0. The van der Waals surface area contributed by atoms with Crippen molar-refractivity contribution in [2.75, 3.05) is 38.6 Å². The van der Waals surface area contributed by atoms with Gasteiger partial charge < -0.3 is 24.7 Å². The third kappa shape index (κ3) is 4.32. The molecule has 1 fully saturated rings. The Kier molecular flexibility index (Phi) is 4.94. The van der Waals surface area contributed by atoms with Crippen LogP contribution in [0.25, 0.3) is 0 Å². The lowest BCUT2D eigenvalue weighted by atomic mass is 10.4. The van der Waals surface area contributed by atoms with Gasteiger partial charge >= 0.3 is 5.97 Å². The lowest BCUT2D eigenvalue weighted by Gasteiger charge is -2.26. The lowest BCUT2D eigenvalue weighted by Crippen LogP contribution is -2.43. The molecule has 1 aromatic heterocycles. The van der Waals surface area contributed by atoms with E-state index >= 15 is 0 Å². The Labute approximate surface area is 121 Å². The third-order valence-electron chi connectivity index (χ3n) is 3.03. The van der Waals surface area contributed by atoms with Gasteiger partial charge in [0.1, 0.15) is 6.54 Å². The van der Waals surface area contributed by atoms with Gasteiger partial charge in [-0.25, -0.2) is 0 Å². The van der Waals surface area contributed by atoms with E-state index in [1.54, 1.807) is 4.90 Å². The quantitative estimate of drug-likeness (QED) is 0.702. The van der Waals surface area contributed by atoms with Crippen molar-refractivity contribution in [1.29, 1.82) is 0 Å². The summed E-state index contributed by atoms with van der Waals surface area (Å²) in [5.74, 6) is -0.934. The molecule has 0 aliphatic carbocycles. The number of hydrogen-bond acceptors (Lipinski definition) is 6. The number of amides is 1. The average Bonchev–Trinajstić information content (AvgIpc) is 2.49. The molecule has 1 saturated heterocycles. The Morgan fingerprint density at radius 3 is 2.71 bits per heavy atom. The van der Waals surface area contributed by atoms with Crippen molar-refractivity contribution in [2.45, 2.75) is 6.54 Å². The predicted molar refractivity (Wildman–Crippen MR) is 73.5 cm³/mol. The minimum Gasteiger partial charge on any atom is -0.454 e. The first kappa shape index (κ1) is 15.0. The topological polar surface area (TPSA) is 104 Å². The molecule has 2 N–H and O–H groups in total. The van der Waals surface area contributed by atoms with E-state index in [4.69, 9.17) is 15.2 Å². The van der Waals surface area contributed by atoms with Gasteiger partial charge in [-0.15, -0.1) is 0 Å². The van der Waals surface area contributed by atoms with E-state index in [1.165, 1.54) is 18.3 Å². The Bertz CT molecular complexity index is 577. The number of esters is 1. The fourth-order valence-electron chi connectivity index (χ4n) is 1.90. The van der Waals surface area contributed by atoms with Gasteiger partial charge in [-0.3, -0.25) is 14.4 Å². The Hall–Kier alpha value is -2.35. The maximum absolute atomic E-state index is 11.8. The fraction of sp³-hybridized carbons (Fsp3) is 0.462. The maximum atomic E-state index is 11.8. The number of hydrogen-bond donors (Lipinski definition) is 1. The first-order valence-electron chi connectivity index (χ1n) is 6.53. The van der Waals surface area contributed by atoms with Gasteiger partial charge in [-0.1, -0.05) is 0 Å². The van der Waals surface area contributed by atoms with E-state index < -0.39 is 5.97 Å². The number of nitrogen functional groups attached to an aromatic ring is 1. The summed E-state index contributed by atoms with van der Waals surface area (Å²) in [4.78, 5) is 36.5. The third-order valence-corrected chi connectivity index (χ3v) is 3.03. The van der Waals surface area contributed by atoms with E-state index in [0.717, 1.165) is 4.57 Å². The Morgan fingerprint density at radius 2 is 2.00 bits per heavy atom. The number of pyridine rings is 1. The van der Waals surface area contributed by atoms with Crippen molar-refractivity contribution in [3.05, 3.63) is 28.7 Å². The molecule has 1 aliphatic rings. The zero-order valence-corrected chi connectivity index (χ0v) is 11.5. The predicted octanol–water partition coefficient (Wildman–Crippen LogP) is -1.17. The van der Waals surface area contributed by atoms with Gasteiger partial charge in [0.15, 0.2) is 6.61 Å². The smallest absolute Gasteiger partial charge is 0.326 e. The molecule has 114 valence electrons. The summed E-state index contributed by atoms with van der Waals surface area (Å²) in [6.07, 6.45) is 1.35. The van der Waals surface area contributed by atoms with Crippen molar-refractivity contribution in [1.82, 2.24) is 9.47 Å². The van der Waals surface area contributed by atoms with Gasteiger partial charge in [0.05, 0.1) is 13.2 Å². The second kappa shape index (κ2) is 6.89.